The highest BCUT2D eigenvalue weighted by Crippen LogP contribution is 2.45. The maximum Gasteiger partial charge on any atom is 0.408 e. The molecule has 13 nitrogen and oxygen atoms in total. The van der Waals surface area contributed by atoms with Gasteiger partial charge in [-0.15, -0.1) is 6.58 Å². The molecule has 1 heterocycles. The fourth-order valence-corrected chi connectivity index (χ4v) is 8.13. The maximum absolute atomic E-state index is 14.3. The summed E-state index contributed by atoms with van der Waals surface area (Å²) < 4.78 is 59.2. The first-order chi connectivity index (χ1) is 22.0. The van der Waals surface area contributed by atoms with Crippen LogP contribution in [-0.2, 0) is 39.0 Å². The zero-order valence-corrected chi connectivity index (χ0v) is 29.8. The zero-order valence-electron chi connectivity index (χ0n) is 28.2. The lowest BCUT2D eigenvalue weighted by Crippen LogP contribution is -2.60. The summed E-state index contributed by atoms with van der Waals surface area (Å²) in [7, 11) is -8.10. The highest BCUT2D eigenvalue weighted by molar-refractivity contribution is 7.92. The molecule has 4 rings (SSSR count). The molecular weight excluding hydrogens is 661 g/mol. The third-order valence-electron chi connectivity index (χ3n) is 8.44. The van der Waals surface area contributed by atoms with E-state index in [9.17, 15) is 36.0 Å². The third kappa shape index (κ3) is 8.00. The van der Waals surface area contributed by atoms with Crippen LogP contribution in [0.1, 0.15) is 54.4 Å². The second kappa shape index (κ2) is 12.8. The lowest BCUT2D eigenvalue weighted by molar-refractivity contribution is -0.142. The summed E-state index contributed by atoms with van der Waals surface area (Å²) in [5.74, 6) is -3.16. The second-order valence-corrected chi connectivity index (χ2v) is 18.6. The minimum absolute atomic E-state index is 0.0109. The molecule has 0 aromatic heterocycles. The van der Waals surface area contributed by atoms with Crippen LogP contribution in [-0.4, -0.2) is 86.8 Å². The van der Waals surface area contributed by atoms with Gasteiger partial charge in [-0.1, -0.05) is 57.2 Å². The molecule has 2 fully saturated rings. The van der Waals surface area contributed by atoms with Gasteiger partial charge in [0.1, 0.15) is 23.2 Å². The number of nitrogens with one attached hydrogen (secondary N) is 3. The van der Waals surface area contributed by atoms with Crippen molar-refractivity contribution in [2.24, 2.45) is 11.3 Å². The molecule has 0 bridgehead atoms. The third-order valence-corrected chi connectivity index (χ3v) is 11.1. The minimum Gasteiger partial charge on any atom is -0.444 e. The molecule has 5 atom stereocenters. The smallest absolute Gasteiger partial charge is 0.408 e. The number of ether oxygens (including phenoxy) is 1. The van der Waals surface area contributed by atoms with Crippen LogP contribution in [0, 0.1) is 11.3 Å². The first-order valence-corrected chi connectivity index (χ1v) is 18.9. The molecule has 2 aromatic carbocycles. The molecule has 4 amide bonds. The van der Waals surface area contributed by atoms with E-state index in [0.29, 0.717) is 5.39 Å². The minimum atomic E-state index is -4.12. The number of sulfone groups is 1. The van der Waals surface area contributed by atoms with Gasteiger partial charge in [-0.05, 0) is 61.9 Å². The van der Waals surface area contributed by atoms with E-state index in [1.807, 2.05) is 16.9 Å². The Bertz CT molecular complexity index is 1860. The van der Waals surface area contributed by atoms with Crippen LogP contribution in [0.3, 0.4) is 0 Å². The van der Waals surface area contributed by atoms with Crippen LogP contribution in [0.15, 0.2) is 60.0 Å². The normalized spacial score (nSPS) is 23.6. The van der Waals surface area contributed by atoms with Crippen LogP contribution in [0.25, 0.3) is 10.8 Å². The topological polar surface area (TPSA) is 185 Å². The van der Waals surface area contributed by atoms with Crippen LogP contribution < -0.4 is 15.4 Å². The van der Waals surface area contributed by atoms with Crippen molar-refractivity contribution in [3.05, 3.63) is 55.1 Å². The Labute approximate surface area is 281 Å². The van der Waals surface area contributed by atoms with Gasteiger partial charge < -0.3 is 20.3 Å². The summed E-state index contributed by atoms with van der Waals surface area (Å²) in [6, 6.07) is 9.29. The fourth-order valence-electron chi connectivity index (χ4n) is 5.89. The highest BCUT2D eigenvalue weighted by Gasteiger charge is 2.61. The van der Waals surface area contributed by atoms with Gasteiger partial charge in [0.15, 0.2) is 9.84 Å². The van der Waals surface area contributed by atoms with E-state index in [2.05, 4.69) is 17.2 Å². The summed E-state index contributed by atoms with van der Waals surface area (Å²) >= 11 is 0. The summed E-state index contributed by atoms with van der Waals surface area (Å²) in [6.45, 7) is 13.4. The van der Waals surface area contributed by atoms with Gasteiger partial charge in [-0.3, -0.25) is 19.1 Å². The van der Waals surface area contributed by atoms with Crippen molar-refractivity contribution in [1.29, 1.82) is 0 Å². The monoisotopic (exact) mass is 704 g/mol. The van der Waals surface area contributed by atoms with Crippen molar-refractivity contribution < 1.29 is 40.8 Å². The Morgan fingerprint density at radius 2 is 1.62 bits per heavy atom. The average Bonchev–Trinajstić information content (AvgIpc) is 3.47. The van der Waals surface area contributed by atoms with E-state index in [1.165, 1.54) is 18.2 Å². The molecule has 1 saturated heterocycles. The molecule has 1 aliphatic carbocycles. The van der Waals surface area contributed by atoms with E-state index in [0.717, 1.165) is 16.5 Å². The van der Waals surface area contributed by atoms with E-state index in [1.54, 1.807) is 59.7 Å². The number of hydrogen-bond acceptors (Lipinski definition) is 9. The first-order valence-electron chi connectivity index (χ1n) is 15.5. The Morgan fingerprint density at radius 1 is 1.00 bits per heavy atom. The molecule has 2 aliphatic rings. The van der Waals surface area contributed by atoms with E-state index >= 15 is 0 Å². The Morgan fingerprint density at radius 3 is 2.17 bits per heavy atom. The molecule has 0 spiro atoms. The van der Waals surface area contributed by atoms with E-state index < -0.39 is 83.5 Å². The first kappa shape index (κ1) is 36.8. The molecule has 48 heavy (non-hydrogen) atoms. The fraction of sp³-hybridized carbons (Fsp3) is 0.515. The summed E-state index contributed by atoms with van der Waals surface area (Å²) in [5.41, 5.74) is -3.45. The molecule has 262 valence electrons. The predicted molar refractivity (Wildman–Crippen MR) is 180 cm³/mol. The summed E-state index contributed by atoms with van der Waals surface area (Å²) in [5, 5.41) is 5.51. The zero-order chi connectivity index (χ0) is 36.0. The number of rotatable bonds is 9. The number of benzene rings is 2. The van der Waals surface area contributed by atoms with Gasteiger partial charge >= 0.3 is 6.09 Å². The number of carbonyl (C=O) groups excluding carboxylic acids is 4. The number of amides is 4. The molecule has 3 N–H and O–H groups in total. The van der Waals surface area contributed by atoms with Crippen molar-refractivity contribution in [2.45, 2.75) is 87.8 Å². The summed E-state index contributed by atoms with van der Waals surface area (Å²) in [4.78, 5) is 55.4. The number of nitrogens with zero attached hydrogens (tertiary/aromatic N) is 1. The maximum atomic E-state index is 14.3. The Balaban J connectivity index is 1.72. The van der Waals surface area contributed by atoms with Gasteiger partial charge in [-0.25, -0.2) is 21.6 Å². The van der Waals surface area contributed by atoms with Crippen molar-refractivity contribution in [3.8, 4) is 0 Å². The number of alkyl carbamates (subject to hydrolysis) is 1. The van der Waals surface area contributed by atoms with Gasteiger partial charge in [0.05, 0.1) is 16.4 Å². The van der Waals surface area contributed by atoms with Crippen molar-refractivity contribution in [3.63, 3.8) is 0 Å². The largest absolute Gasteiger partial charge is 0.444 e. The average molecular weight is 705 g/mol. The Hall–Kier alpha value is -3.98. The van der Waals surface area contributed by atoms with Gasteiger partial charge in [0, 0.05) is 12.5 Å². The molecular formula is C33H44N4O9S2. The van der Waals surface area contributed by atoms with E-state index in [-0.39, 0.29) is 24.3 Å². The highest BCUT2D eigenvalue weighted by atomic mass is 32.2. The lowest BCUT2D eigenvalue weighted by atomic mass is 9.85. The molecule has 0 radical (unpaired) electrons. The molecule has 1 aliphatic heterocycles. The second-order valence-electron chi connectivity index (χ2n) is 14.6. The molecule has 2 aromatic rings. The molecule has 1 saturated carbocycles. The number of fused-ring (bicyclic) bond motifs is 1. The quantitative estimate of drug-likeness (QED) is 0.330. The lowest BCUT2D eigenvalue weighted by Gasteiger charge is -2.36. The van der Waals surface area contributed by atoms with Crippen LogP contribution >= 0.6 is 0 Å². The van der Waals surface area contributed by atoms with Crippen molar-refractivity contribution >= 4 is 54.4 Å². The molecule has 2 unspecified atom stereocenters. The molecule has 15 heteroatoms. The van der Waals surface area contributed by atoms with Crippen molar-refractivity contribution in [1.82, 2.24) is 20.3 Å². The van der Waals surface area contributed by atoms with Crippen LogP contribution in [0.2, 0.25) is 0 Å². The SMILES string of the molecule is C=CC1CC1(NC(=O)[C@@H]1C[C@@H](S(=O)(=O)c2ccc3ccccc3c2)CN1C(=O)[C@@H](NC(=O)OC(C)(C)C)C(C)(C)C)C(=O)NS(C)(=O)=O. The number of hydrogen-bond donors (Lipinski definition) is 3. The van der Waals surface area contributed by atoms with Gasteiger partial charge in [0.2, 0.25) is 21.8 Å². The number of carbonyl (C=O) groups is 4. The summed E-state index contributed by atoms with van der Waals surface area (Å²) in [6.07, 6.45) is 1.06. The predicted octanol–water partition coefficient (Wildman–Crippen LogP) is 2.66. The van der Waals surface area contributed by atoms with Crippen molar-refractivity contribution in [2.75, 3.05) is 12.8 Å². The Kier molecular flexibility index (Phi) is 9.83. The van der Waals surface area contributed by atoms with Crippen LogP contribution in [0.5, 0.6) is 0 Å². The van der Waals surface area contributed by atoms with Crippen LogP contribution in [0.4, 0.5) is 4.79 Å². The van der Waals surface area contributed by atoms with Gasteiger partial charge in [-0.2, -0.15) is 0 Å². The van der Waals surface area contributed by atoms with E-state index in [4.69, 9.17) is 4.74 Å². The number of likely N-dealkylation sites (tertiary alicyclic amines) is 1. The number of sulfonamides is 1. The van der Waals surface area contributed by atoms with Gasteiger partial charge in [0.25, 0.3) is 5.91 Å². The standard InChI is InChI=1S/C33H44N4O9S2/c1-9-22-18-33(22,29(40)36-47(8,42)43)35-27(38)25-17-24(48(44,45)23-15-14-20-12-10-11-13-21(20)16-23)19-37(25)28(39)26(31(2,3)4)34-30(41)46-32(5,6)7/h9-16,22,24-26H,1,17-19H2,2-8H3,(H,34,41)(H,35,38)(H,36,40)/t22?,24-,25+,26-,33?/m1/s1.